The second-order valence-corrected chi connectivity index (χ2v) is 9.19. The van der Waals surface area contributed by atoms with Crippen molar-refractivity contribution in [2.45, 2.75) is 58.3 Å². The third-order valence-electron chi connectivity index (χ3n) is 5.34. The number of carbonyl (C=O) groups excluding carboxylic acids is 2. The molecule has 0 aromatic heterocycles. The molecule has 0 spiro atoms. The van der Waals surface area contributed by atoms with Gasteiger partial charge in [-0.25, -0.2) is 22.8 Å². The maximum atomic E-state index is 14.1. The van der Waals surface area contributed by atoms with E-state index in [0.29, 0.717) is 17.7 Å². The molecule has 1 aliphatic rings. The van der Waals surface area contributed by atoms with Crippen molar-refractivity contribution < 1.29 is 37.0 Å². The van der Waals surface area contributed by atoms with Crippen LogP contribution in [0.4, 0.5) is 18.0 Å². The van der Waals surface area contributed by atoms with Gasteiger partial charge in [0.25, 0.3) is 5.92 Å². The third kappa shape index (κ3) is 5.81. The number of hydrogen-bond acceptors (Lipinski definition) is 5. The molecular weight excluding hydrogens is 451 g/mol. The van der Waals surface area contributed by atoms with E-state index in [1.54, 1.807) is 39.0 Å². The smallest absolute Gasteiger partial charge is 0.411 e. The molecule has 1 atom stereocenters. The van der Waals surface area contributed by atoms with Crippen LogP contribution in [0, 0.1) is 5.82 Å². The van der Waals surface area contributed by atoms with Crippen molar-refractivity contribution in [3.63, 3.8) is 0 Å². The Morgan fingerprint density at radius 3 is 2.41 bits per heavy atom. The first kappa shape index (κ1) is 25.4. The molecule has 1 amide bonds. The van der Waals surface area contributed by atoms with Crippen LogP contribution in [0.2, 0.25) is 0 Å². The molecule has 2 aromatic carbocycles. The summed E-state index contributed by atoms with van der Waals surface area (Å²) in [4.78, 5) is 26.6. The number of rotatable bonds is 5. The molecule has 0 bridgehead atoms. The lowest BCUT2D eigenvalue weighted by Gasteiger charge is -2.36. The van der Waals surface area contributed by atoms with Gasteiger partial charge >= 0.3 is 12.1 Å². The van der Waals surface area contributed by atoms with Gasteiger partial charge in [0.05, 0.1) is 7.11 Å². The Morgan fingerprint density at radius 2 is 1.79 bits per heavy atom. The summed E-state index contributed by atoms with van der Waals surface area (Å²) in [6, 6.07) is 7.02. The van der Waals surface area contributed by atoms with Crippen molar-refractivity contribution in [1.82, 2.24) is 4.90 Å². The fourth-order valence-corrected chi connectivity index (χ4v) is 3.70. The van der Waals surface area contributed by atoms with E-state index in [9.17, 15) is 22.8 Å². The quantitative estimate of drug-likeness (QED) is 0.528. The lowest BCUT2D eigenvalue weighted by molar-refractivity contribution is -0.147. The van der Waals surface area contributed by atoms with Crippen molar-refractivity contribution in [3.8, 4) is 5.75 Å². The fraction of sp³-hybridized carbons (Fsp3) is 0.440. The minimum absolute atomic E-state index is 0.000263. The van der Waals surface area contributed by atoms with Gasteiger partial charge in [-0.05, 0) is 62.6 Å². The van der Waals surface area contributed by atoms with Crippen LogP contribution < -0.4 is 4.74 Å². The van der Waals surface area contributed by atoms with E-state index in [1.807, 2.05) is 0 Å². The van der Waals surface area contributed by atoms with Crippen LogP contribution in [0.25, 0.3) is 0 Å². The van der Waals surface area contributed by atoms with Gasteiger partial charge in [-0.3, -0.25) is 4.90 Å². The van der Waals surface area contributed by atoms with Gasteiger partial charge in [-0.2, -0.15) is 0 Å². The number of amides is 1. The van der Waals surface area contributed by atoms with Gasteiger partial charge < -0.3 is 14.2 Å². The lowest BCUT2D eigenvalue weighted by Crippen LogP contribution is -2.46. The predicted octanol–water partition coefficient (Wildman–Crippen LogP) is 5.52. The van der Waals surface area contributed by atoms with Gasteiger partial charge in [0.15, 0.2) is 6.04 Å². The molecule has 0 saturated carbocycles. The second kappa shape index (κ2) is 9.56. The summed E-state index contributed by atoms with van der Waals surface area (Å²) < 4.78 is 57.3. The van der Waals surface area contributed by atoms with Gasteiger partial charge in [-0.1, -0.05) is 12.1 Å². The maximum absolute atomic E-state index is 14.1. The number of alkyl halides is 2. The van der Waals surface area contributed by atoms with E-state index >= 15 is 0 Å². The number of halogens is 3. The average Bonchev–Trinajstić information content (AvgIpc) is 2.75. The SMILES string of the molecule is COC(=O)[C@H]1c2ccc(OCc3cc(C(C)(F)F)ccc3F)cc2CCN1C(=O)OC(C)(C)C. The minimum Gasteiger partial charge on any atom is -0.489 e. The Balaban J connectivity index is 1.83. The summed E-state index contributed by atoms with van der Waals surface area (Å²) in [6.45, 7) is 5.91. The normalized spacial score (nSPS) is 16.0. The van der Waals surface area contributed by atoms with Crippen LogP contribution in [0.15, 0.2) is 36.4 Å². The van der Waals surface area contributed by atoms with Crippen LogP contribution in [0.5, 0.6) is 5.75 Å². The van der Waals surface area contributed by atoms with E-state index in [-0.39, 0.29) is 24.3 Å². The topological polar surface area (TPSA) is 65.1 Å². The number of carbonyl (C=O) groups is 2. The van der Waals surface area contributed by atoms with Crippen molar-refractivity contribution >= 4 is 12.1 Å². The Hall–Kier alpha value is -3.23. The average molecular weight is 479 g/mol. The highest BCUT2D eigenvalue weighted by Crippen LogP contribution is 2.35. The zero-order valence-electron chi connectivity index (χ0n) is 19.8. The molecule has 6 nitrogen and oxygen atoms in total. The van der Waals surface area contributed by atoms with Gasteiger partial charge in [-0.15, -0.1) is 0 Å². The number of hydrogen-bond donors (Lipinski definition) is 0. The molecule has 2 aromatic rings. The van der Waals surface area contributed by atoms with Crippen molar-refractivity contribution in [3.05, 3.63) is 64.5 Å². The van der Waals surface area contributed by atoms with Gasteiger partial charge in [0.1, 0.15) is 23.8 Å². The molecule has 0 unspecified atom stereocenters. The first-order valence-corrected chi connectivity index (χ1v) is 10.8. The molecule has 0 N–H and O–H groups in total. The number of nitrogens with zero attached hydrogens (tertiary/aromatic N) is 1. The number of benzene rings is 2. The number of esters is 1. The maximum Gasteiger partial charge on any atom is 0.411 e. The second-order valence-electron chi connectivity index (χ2n) is 9.19. The summed E-state index contributed by atoms with van der Waals surface area (Å²) >= 11 is 0. The summed E-state index contributed by atoms with van der Waals surface area (Å²) in [6.07, 6.45) is -0.206. The highest BCUT2D eigenvalue weighted by molar-refractivity contribution is 5.84. The van der Waals surface area contributed by atoms with Crippen molar-refractivity contribution in [2.75, 3.05) is 13.7 Å². The van der Waals surface area contributed by atoms with Gasteiger partial charge in [0.2, 0.25) is 0 Å². The Morgan fingerprint density at radius 1 is 1.09 bits per heavy atom. The van der Waals surface area contributed by atoms with E-state index < -0.39 is 35.4 Å². The molecule has 0 saturated heterocycles. The molecule has 184 valence electrons. The van der Waals surface area contributed by atoms with Crippen molar-refractivity contribution in [1.29, 1.82) is 0 Å². The number of fused-ring (bicyclic) bond motifs is 1. The van der Waals surface area contributed by atoms with E-state index in [0.717, 1.165) is 30.7 Å². The Kier molecular flexibility index (Phi) is 7.14. The molecule has 34 heavy (non-hydrogen) atoms. The Labute approximate surface area is 196 Å². The zero-order valence-corrected chi connectivity index (χ0v) is 19.8. The molecular formula is C25H28F3NO5. The number of ether oxygens (including phenoxy) is 3. The summed E-state index contributed by atoms with van der Waals surface area (Å²) in [5.41, 5.74) is 0.280. The fourth-order valence-electron chi connectivity index (χ4n) is 3.70. The molecule has 0 radical (unpaired) electrons. The van der Waals surface area contributed by atoms with Crippen LogP contribution in [-0.2, 0) is 33.2 Å². The monoisotopic (exact) mass is 479 g/mol. The largest absolute Gasteiger partial charge is 0.489 e. The first-order valence-electron chi connectivity index (χ1n) is 10.8. The molecule has 1 aliphatic heterocycles. The third-order valence-corrected chi connectivity index (χ3v) is 5.34. The summed E-state index contributed by atoms with van der Waals surface area (Å²) in [5.74, 6) is -3.98. The van der Waals surface area contributed by atoms with Crippen LogP contribution in [0.3, 0.4) is 0 Å². The molecule has 9 heteroatoms. The van der Waals surface area contributed by atoms with Crippen LogP contribution in [0.1, 0.15) is 56.0 Å². The molecule has 0 aliphatic carbocycles. The summed E-state index contributed by atoms with van der Waals surface area (Å²) in [5, 5.41) is 0. The minimum atomic E-state index is -3.10. The highest BCUT2D eigenvalue weighted by atomic mass is 19.3. The molecule has 0 fully saturated rings. The van der Waals surface area contributed by atoms with E-state index in [2.05, 4.69) is 0 Å². The predicted molar refractivity (Wildman–Crippen MR) is 118 cm³/mol. The molecule has 3 rings (SSSR count). The summed E-state index contributed by atoms with van der Waals surface area (Å²) in [7, 11) is 1.24. The van der Waals surface area contributed by atoms with Gasteiger partial charge in [0, 0.05) is 24.6 Å². The standard InChI is InChI=1S/C25H28F3NO5/c1-24(2,3)34-23(31)29-11-10-15-13-18(7-8-19(15)21(29)22(30)32-5)33-14-16-12-17(25(4,27)28)6-9-20(16)26/h6-9,12-13,21H,10-11,14H2,1-5H3/t21-/m1/s1. The van der Waals surface area contributed by atoms with E-state index in [1.165, 1.54) is 12.0 Å². The Bertz CT molecular complexity index is 1080. The first-order chi connectivity index (χ1) is 15.8. The van der Waals surface area contributed by atoms with E-state index in [4.69, 9.17) is 14.2 Å². The van der Waals surface area contributed by atoms with Crippen LogP contribution >= 0.6 is 0 Å². The highest BCUT2D eigenvalue weighted by Gasteiger charge is 2.39. The number of methoxy groups -OCH3 is 1. The lowest BCUT2D eigenvalue weighted by atomic mass is 9.92. The van der Waals surface area contributed by atoms with Crippen LogP contribution in [-0.4, -0.2) is 36.2 Å². The van der Waals surface area contributed by atoms with Crippen molar-refractivity contribution in [2.24, 2.45) is 0 Å². The zero-order chi connectivity index (χ0) is 25.3. The molecule has 1 heterocycles.